The Labute approximate surface area is 60.8 Å². The van der Waals surface area contributed by atoms with Crippen molar-refractivity contribution in [3.8, 4) is 6.07 Å². The van der Waals surface area contributed by atoms with Gasteiger partial charge in [-0.05, 0) is 6.42 Å². The lowest BCUT2D eigenvalue weighted by atomic mass is 10.0. The van der Waals surface area contributed by atoms with E-state index >= 15 is 0 Å². The summed E-state index contributed by atoms with van der Waals surface area (Å²) in [7, 11) is 0. The van der Waals surface area contributed by atoms with Crippen LogP contribution in [0, 0.1) is 29.1 Å². The van der Waals surface area contributed by atoms with Crippen LogP contribution in [0.4, 0.5) is 0 Å². The zero-order chi connectivity index (χ0) is 7.72. The molecule has 10 heavy (non-hydrogen) atoms. The molecule has 1 aliphatic carbocycles. The quantitative estimate of drug-likeness (QED) is 0.576. The fourth-order valence-electron chi connectivity index (χ4n) is 1.08. The summed E-state index contributed by atoms with van der Waals surface area (Å²) >= 11 is 0. The summed E-state index contributed by atoms with van der Waals surface area (Å²) < 4.78 is 0. The fraction of sp³-hybridized carbons (Fsp3) is 0.750. The van der Waals surface area contributed by atoms with E-state index in [9.17, 15) is 4.79 Å². The summed E-state index contributed by atoms with van der Waals surface area (Å²) in [6, 6.07) is 2.10. The molecule has 2 heteroatoms. The zero-order valence-electron chi connectivity index (χ0n) is 6.29. The lowest BCUT2D eigenvalue weighted by Gasteiger charge is -1.98. The van der Waals surface area contributed by atoms with E-state index in [2.05, 4.69) is 6.07 Å². The van der Waals surface area contributed by atoms with E-state index in [4.69, 9.17) is 5.26 Å². The topological polar surface area (TPSA) is 40.9 Å². The Morgan fingerprint density at radius 2 is 2.30 bits per heavy atom. The first-order chi connectivity index (χ1) is 4.66. The highest BCUT2D eigenvalue weighted by atomic mass is 16.1. The second-order valence-electron chi connectivity index (χ2n) is 3.13. The van der Waals surface area contributed by atoms with Gasteiger partial charge in [0.15, 0.2) is 0 Å². The first-order valence-electron chi connectivity index (χ1n) is 3.60. The molecule has 0 heterocycles. The molecular formula is C8H11NO. The molecule has 0 radical (unpaired) electrons. The van der Waals surface area contributed by atoms with Crippen LogP contribution in [-0.4, -0.2) is 5.78 Å². The van der Waals surface area contributed by atoms with Crippen LogP contribution in [-0.2, 0) is 4.79 Å². The summed E-state index contributed by atoms with van der Waals surface area (Å²) in [5.74, 6) is 0.467. The second-order valence-corrected chi connectivity index (χ2v) is 3.13. The van der Waals surface area contributed by atoms with Gasteiger partial charge in [0.05, 0.1) is 12.0 Å². The molecule has 0 spiro atoms. The molecule has 0 aromatic rings. The second kappa shape index (κ2) is 2.42. The van der Waals surface area contributed by atoms with Gasteiger partial charge in [-0.15, -0.1) is 0 Å². The van der Waals surface area contributed by atoms with Crippen molar-refractivity contribution >= 4 is 5.78 Å². The third-order valence-electron chi connectivity index (χ3n) is 1.89. The van der Waals surface area contributed by atoms with E-state index in [0.717, 1.165) is 6.42 Å². The number of nitrogens with zero attached hydrogens (tertiary/aromatic N) is 1. The molecule has 1 fully saturated rings. The van der Waals surface area contributed by atoms with Gasteiger partial charge in [-0.1, -0.05) is 13.8 Å². The Morgan fingerprint density at radius 3 is 2.60 bits per heavy atom. The molecule has 0 aliphatic heterocycles. The van der Waals surface area contributed by atoms with E-state index in [0.29, 0.717) is 0 Å². The highest BCUT2D eigenvalue weighted by Gasteiger charge is 2.43. The number of hydrogen-bond acceptors (Lipinski definition) is 2. The van der Waals surface area contributed by atoms with Crippen molar-refractivity contribution < 1.29 is 4.79 Å². The van der Waals surface area contributed by atoms with Crippen molar-refractivity contribution in [1.82, 2.24) is 0 Å². The number of hydrogen-bond donors (Lipinski definition) is 0. The minimum atomic E-state index is 0.0369. The summed E-state index contributed by atoms with van der Waals surface area (Å²) in [6.07, 6.45) is 0.799. The third-order valence-corrected chi connectivity index (χ3v) is 1.89. The van der Waals surface area contributed by atoms with Gasteiger partial charge in [0.1, 0.15) is 5.78 Å². The van der Waals surface area contributed by atoms with Crippen LogP contribution in [0.2, 0.25) is 0 Å². The Bertz CT molecular complexity index is 190. The van der Waals surface area contributed by atoms with E-state index in [1.54, 1.807) is 0 Å². The van der Waals surface area contributed by atoms with Crippen molar-refractivity contribution in [2.75, 3.05) is 0 Å². The zero-order valence-corrected chi connectivity index (χ0v) is 6.29. The number of carbonyl (C=O) groups excluding carboxylic acids is 1. The maximum atomic E-state index is 11.1. The van der Waals surface area contributed by atoms with Crippen LogP contribution in [0.25, 0.3) is 0 Å². The van der Waals surface area contributed by atoms with Gasteiger partial charge in [0, 0.05) is 11.8 Å². The van der Waals surface area contributed by atoms with Crippen LogP contribution in [0.15, 0.2) is 0 Å². The van der Waals surface area contributed by atoms with E-state index in [-0.39, 0.29) is 23.5 Å². The van der Waals surface area contributed by atoms with Gasteiger partial charge in [-0.3, -0.25) is 4.79 Å². The van der Waals surface area contributed by atoms with Crippen LogP contribution >= 0.6 is 0 Å². The predicted molar refractivity (Wildman–Crippen MR) is 37.1 cm³/mol. The van der Waals surface area contributed by atoms with Crippen molar-refractivity contribution in [2.24, 2.45) is 17.8 Å². The highest BCUT2D eigenvalue weighted by Crippen LogP contribution is 2.39. The molecule has 1 rings (SSSR count). The van der Waals surface area contributed by atoms with Gasteiger partial charge >= 0.3 is 0 Å². The average molecular weight is 137 g/mol. The molecular weight excluding hydrogens is 126 g/mol. The monoisotopic (exact) mass is 137 g/mol. The SMILES string of the molecule is CC(C)C(=O)[C@@H]1C[C@H]1C#N. The van der Waals surface area contributed by atoms with Crippen molar-refractivity contribution in [3.63, 3.8) is 0 Å². The summed E-state index contributed by atoms with van der Waals surface area (Å²) in [5, 5.41) is 8.40. The van der Waals surface area contributed by atoms with E-state index in [1.807, 2.05) is 13.8 Å². The van der Waals surface area contributed by atoms with Crippen molar-refractivity contribution in [1.29, 1.82) is 5.26 Å². The molecule has 1 aliphatic rings. The lowest BCUT2D eigenvalue weighted by molar-refractivity contribution is -0.123. The van der Waals surface area contributed by atoms with Gasteiger partial charge in [0.2, 0.25) is 0 Å². The number of carbonyl (C=O) groups is 1. The largest absolute Gasteiger partial charge is 0.299 e. The molecule has 0 unspecified atom stereocenters. The smallest absolute Gasteiger partial charge is 0.139 e. The van der Waals surface area contributed by atoms with Crippen molar-refractivity contribution in [2.45, 2.75) is 20.3 Å². The Balaban J connectivity index is 2.42. The van der Waals surface area contributed by atoms with Crippen LogP contribution in [0.3, 0.4) is 0 Å². The number of Topliss-reactive ketones (excluding diaryl/α,β-unsaturated/α-hetero) is 1. The molecule has 0 N–H and O–H groups in total. The number of ketones is 1. The van der Waals surface area contributed by atoms with Gasteiger partial charge in [0.25, 0.3) is 0 Å². The molecule has 0 bridgehead atoms. The normalized spacial score (nSPS) is 29.8. The highest BCUT2D eigenvalue weighted by molar-refractivity contribution is 5.85. The number of rotatable bonds is 2. The molecule has 0 aromatic carbocycles. The number of nitriles is 1. The van der Waals surface area contributed by atoms with Crippen LogP contribution < -0.4 is 0 Å². The average Bonchev–Trinajstić information content (AvgIpc) is 2.64. The fourth-order valence-corrected chi connectivity index (χ4v) is 1.08. The summed E-state index contributed by atoms with van der Waals surface area (Å²) in [5.41, 5.74) is 0. The van der Waals surface area contributed by atoms with Crippen molar-refractivity contribution in [3.05, 3.63) is 0 Å². The molecule has 0 amide bonds. The maximum Gasteiger partial charge on any atom is 0.139 e. The molecule has 1 saturated carbocycles. The van der Waals surface area contributed by atoms with Gasteiger partial charge < -0.3 is 0 Å². The summed E-state index contributed by atoms with van der Waals surface area (Å²) in [6.45, 7) is 3.77. The molecule has 54 valence electrons. The first kappa shape index (κ1) is 7.27. The van der Waals surface area contributed by atoms with E-state index in [1.165, 1.54) is 0 Å². The minimum absolute atomic E-state index is 0.0369. The third kappa shape index (κ3) is 1.18. The molecule has 0 saturated heterocycles. The molecule has 0 aromatic heterocycles. The molecule has 2 nitrogen and oxygen atoms in total. The Hall–Kier alpha value is -0.840. The summed E-state index contributed by atoms with van der Waals surface area (Å²) in [4.78, 5) is 11.1. The van der Waals surface area contributed by atoms with Crippen LogP contribution in [0.5, 0.6) is 0 Å². The maximum absolute atomic E-state index is 11.1. The van der Waals surface area contributed by atoms with Crippen LogP contribution in [0.1, 0.15) is 20.3 Å². The minimum Gasteiger partial charge on any atom is -0.299 e. The van der Waals surface area contributed by atoms with Gasteiger partial charge in [-0.25, -0.2) is 0 Å². The first-order valence-corrected chi connectivity index (χ1v) is 3.60. The Morgan fingerprint density at radius 1 is 1.70 bits per heavy atom. The predicted octanol–water partition coefficient (Wildman–Crippen LogP) is 1.37. The standard InChI is InChI=1S/C8H11NO/c1-5(2)8(10)7-3-6(7)4-9/h5-7H,3H2,1-2H3/t6-,7+/m0/s1. The van der Waals surface area contributed by atoms with E-state index < -0.39 is 0 Å². The Kier molecular flexibility index (Phi) is 1.76. The lowest BCUT2D eigenvalue weighted by Crippen LogP contribution is -2.09. The molecule has 2 atom stereocenters. The van der Waals surface area contributed by atoms with Gasteiger partial charge in [-0.2, -0.15) is 5.26 Å².